The van der Waals surface area contributed by atoms with Gasteiger partial charge in [-0.1, -0.05) is 19.1 Å². The summed E-state index contributed by atoms with van der Waals surface area (Å²) in [5, 5.41) is 9.25. The van der Waals surface area contributed by atoms with Gasteiger partial charge in [-0.2, -0.15) is 13.2 Å². The van der Waals surface area contributed by atoms with E-state index in [0.717, 1.165) is 37.6 Å². The number of halogens is 3. The molecule has 1 aromatic rings. The largest absolute Gasteiger partial charge is 0.416 e. The summed E-state index contributed by atoms with van der Waals surface area (Å²) in [7, 11) is 0. The molecule has 1 saturated heterocycles. The molecule has 3 nitrogen and oxygen atoms in total. The molecule has 1 aliphatic carbocycles. The van der Waals surface area contributed by atoms with Gasteiger partial charge in [0.05, 0.1) is 18.1 Å². The van der Waals surface area contributed by atoms with Crippen molar-refractivity contribution in [2.24, 2.45) is 17.3 Å². The molecule has 2 fully saturated rings. The summed E-state index contributed by atoms with van der Waals surface area (Å²) in [6, 6.07) is 4.42. The minimum atomic E-state index is -4.31. The van der Waals surface area contributed by atoms with Gasteiger partial charge in [0.25, 0.3) is 0 Å². The van der Waals surface area contributed by atoms with Crippen molar-refractivity contribution in [2.45, 2.75) is 45.7 Å². The molecule has 0 radical (unpaired) electrons. The van der Waals surface area contributed by atoms with Crippen LogP contribution in [0, 0.1) is 24.2 Å². The summed E-state index contributed by atoms with van der Waals surface area (Å²) < 4.78 is 39.1. The molecular formula is C20H26F3NO2. The Morgan fingerprint density at radius 1 is 1.35 bits per heavy atom. The molecule has 3 rings (SSSR count). The minimum Gasteiger partial charge on any atom is -0.396 e. The van der Waals surface area contributed by atoms with Crippen LogP contribution in [0.25, 0.3) is 0 Å². The van der Waals surface area contributed by atoms with E-state index >= 15 is 0 Å². The molecule has 0 bridgehead atoms. The number of carbonyl (C=O) groups excluding carboxylic acids is 1. The van der Waals surface area contributed by atoms with Crippen LogP contribution < -0.4 is 0 Å². The number of amides is 1. The van der Waals surface area contributed by atoms with E-state index in [2.05, 4.69) is 0 Å². The highest BCUT2D eigenvalue weighted by Gasteiger charge is 2.53. The van der Waals surface area contributed by atoms with E-state index in [1.807, 2.05) is 11.8 Å². The third kappa shape index (κ3) is 3.48. The minimum absolute atomic E-state index is 0.0257. The van der Waals surface area contributed by atoms with E-state index in [0.29, 0.717) is 24.3 Å². The number of aliphatic hydroxyl groups excluding tert-OH is 1. The van der Waals surface area contributed by atoms with Crippen molar-refractivity contribution in [1.29, 1.82) is 0 Å². The molecule has 1 amide bonds. The van der Waals surface area contributed by atoms with Crippen LogP contribution in [0.5, 0.6) is 0 Å². The normalized spacial score (nSPS) is 20.6. The highest BCUT2D eigenvalue weighted by molar-refractivity contribution is 5.80. The Balaban J connectivity index is 1.54. The SMILES string of the molecule is CC[C@H](CO)C(=O)N1CC2(CC(Cc3cccc(C(F)(F)F)c3C)C2)C1. The van der Waals surface area contributed by atoms with Crippen molar-refractivity contribution in [3.05, 3.63) is 34.9 Å². The molecule has 1 aromatic carbocycles. The monoisotopic (exact) mass is 369 g/mol. The van der Waals surface area contributed by atoms with Crippen molar-refractivity contribution in [3.8, 4) is 0 Å². The van der Waals surface area contributed by atoms with Crippen molar-refractivity contribution in [1.82, 2.24) is 4.90 Å². The number of hydrogen-bond donors (Lipinski definition) is 1. The number of alkyl halides is 3. The maximum atomic E-state index is 13.0. The Morgan fingerprint density at radius 2 is 2.00 bits per heavy atom. The Kier molecular flexibility index (Phi) is 5.08. The van der Waals surface area contributed by atoms with Gasteiger partial charge in [-0.3, -0.25) is 4.79 Å². The molecule has 0 unspecified atom stereocenters. The lowest BCUT2D eigenvalue weighted by Crippen LogP contribution is -2.64. The molecule has 1 heterocycles. The van der Waals surface area contributed by atoms with Gasteiger partial charge < -0.3 is 10.0 Å². The van der Waals surface area contributed by atoms with Crippen LogP contribution in [0.2, 0.25) is 0 Å². The summed E-state index contributed by atoms with van der Waals surface area (Å²) >= 11 is 0. The predicted molar refractivity (Wildman–Crippen MR) is 92.5 cm³/mol. The number of benzene rings is 1. The maximum Gasteiger partial charge on any atom is 0.416 e. The van der Waals surface area contributed by atoms with Crippen LogP contribution in [-0.2, 0) is 17.4 Å². The van der Waals surface area contributed by atoms with Crippen molar-refractivity contribution in [3.63, 3.8) is 0 Å². The fourth-order valence-corrected chi connectivity index (χ4v) is 4.65. The zero-order valence-corrected chi connectivity index (χ0v) is 15.3. The van der Waals surface area contributed by atoms with Crippen LogP contribution in [0.1, 0.15) is 42.9 Å². The van der Waals surface area contributed by atoms with Gasteiger partial charge in [-0.15, -0.1) is 0 Å². The van der Waals surface area contributed by atoms with Crippen molar-refractivity contribution >= 4 is 5.91 Å². The van der Waals surface area contributed by atoms with Crippen LogP contribution in [0.4, 0.5) is 13.2 Å². The standard InChI is InChI=1S/C20H26F3NO2/c1-3-15(10-25)18(26)24-11-19(12-24)8-14(9-19)7-16-5-4-6-17(13(16)2)20(21,22)23/h4-6,14-15,25H,3,7-12H2,1-2H3/t15-/m1/s1. The number of nitrogens with zero attached hydrogens (tertiary/aromatic N) is 1. The molecule has 1 spiro atoms. The van der Waals surface area contributed by atoms with E-state index in [4.69, 9.17) is 0 Å². The second-order valence-electron chi connectivity index (χ2n) is 8.05. The lowest BCUT2D eigenvalue weighted by molar-refractivity contribution is -0.160. The lowest BCUT2D eigenvalue weighted by atomic mass is 9.56. The quantitative estimate of drug-likeness (QED) is 0.857. The van der Waals surface area contributed by atoms with E-state index < -0.39 is 11.7 Å². The number of likely N-dealkylation sites (tertiary alicyclic amines) is 1. The molecule has 0 aromatic heterocycles. The average molecular weight is 369 g/mol. The van der Waals surface area contributed by atoms with Crippen molar-refractivity contribution < 1.29 is 23.1 Å². The van der Waals surface area contributed by atoms with Gasteiger partial charge in [0.1, 0.15) is 0 Å². The number of hydrogen-bond acceptors (Lipinski definition) is 2. The summed E-state index contributed by atoms with van der Waals surface area (Å²) in [5.41, 5.74) is 0.723. The van der Waals surface area contributed by atoms with E-state index in [1.165, 1.54) is 6.07 Å². The molecule has 144 valence electrons. The average Bonchev–Trinajstić information content (AvgIpc) is 2.49. The number of aliphatic hydroxyl groups is 1. The van der Waals surface area contributed by atoms with Crippen LogP contribution in [0.3, 0.4) is 0 Å². The van der Waals surface area contributed by atoms with Crippen LogP contribution in [-0.4, -0.2) is 35.6 Å². The highest BCUT2D eigenvalue weighted by Crippen LogP contribution is 2.53. The van der Waals surface area contributed by atoms with Gasteiger partial charge in [-0.25, -0.2) is 0 Å². The highest BCUT2D eigenvalue weighted by atomic mass is 19.4. The molecule has 1 saturated carbocycles. The summed E-state index contributed by atoms with van der Waals surface area (Å²) in [4.78, 5) is 14.0. The van der Waals surface area contributed by atoms with E-state index in [9.17, 15) is 23.1 Å². The first kappa shape index (κ1) is 19.2. The third-order valence-corrected chi connectivity index (χ3v) is 6.13. The third-order valence-electron chi connectivity index (χ3n) is 6.13. The van der Waals surface area contributed by atoms with Gasteiger partial charge in [-0.05, 0) is 55.7 Å². The molecule has 1 aliphatic heterocycles. The van der Waals surface area contributed by atoms with E-state index in [1.54, 1.807) is 13.0 Å². The smallest absolute Gasteiger partial charge is 0.396 e. The van der Waals surface area contributed by atoms with Gasteiger partial charge in [0.2, 0.25) is 5.91 Å². The maximum absolute atomic E-state index is 13.0. The van der Waals surface area contributed by atoms with Crippen LogP contribution in [0.15, 0.2) is 18.2 Å². The molecule has 26 heavy (non-hydrogen) atoms. The first-order valence-electron chi connectivity index (χ1n) is 9.24. The fraction of sp³-hybridized carbons (Fsp3) is 0.650. The molecule has 1 atom stereocenters. The topological polar surface area (TPSA) is 40.5 Å². The zero-order chi connectivity index (χ0) is 19.1. The van der Waals surface area contributed by atoms with E-state index in [-0.39, 0.29) is 23.8 Å². The first-order valence-corrected chi connectivity index (χ1v) is 9.24. The predicted octanol–water partition coefficient (Wildman–Crippen LogP) is 3.81. The Labute approximate surface area is 152 Å². The number of rotatable bonds is 5. The molecular weight excluding hydrogens is 343 g/mol. The summed E-state index contributed by atoms with van der Waals surface area (Å²) in [6.45, 7) is 4.78. The Morgan fingerprint density at radius 3 is 2.54 bits per heavy atom. The Hall–Kier alpha value is -1.56. The Bertz CT molecular complexity index is 668. The fourth-order valence-electron chi connectivity index (χ4n) is 4.65. The van der Waals surface area contributed by atoms with Crippen LogP contribution >= 0.6 is 0 Å². The van der Waals surface area contributed by atoms with Gasteiger partial charge >= 0.3 is 6.18 Å². The number of carbonyl (C=O) groups is 1. The second kappa shape index (κ2) is 6.87. The van der Waals surface area contributed by atoms with Gasteiger partial charge in [0, 0.05) is 18.5 Å². The zero-order valence-electron chi connectivity index (χ0n) is 15.3. The van der Waals surface area contributed by atoms with Gasteiger partial charge in [0.15, 0.2) is 0 Å². The second-order valence-corrected chi connectivity index (χ2v) is 8.05. The lowest BCUT2D eigenvalue weighted by Gasteiger charge is -2.59. The molecule has 6 heteroatoms. The summed E-state index contributed by atoms with van der Waals surface area (Å²) in [6.07, 6.45) is -1.08. The van der Waals surface area contributed by atoms with Crippen molar-refractivity contribution in [2.75, 3.05) is 19.7 Å². The first-order chi connectivity index (χ1) is 12.2. The summed E-state index contributed by atoms with van der Waals surface area (Å²) in [5.74, 6) is 0.100. The molecule has 2 aliphatic rings. The molecule has 1 N–H and O–H groups in total.